The molecule has 2 aliphatic heterocycles. The zero-order valence-electron chi connectivity index (χ0n) is 18.6. The molecule has 5 rings (SSSR count). The van der Waals surface area contributed by atoms with E-state index in [0.717, 1.165) is 33.6 Å². The van der Waals surface area contributed by atoms with Gasteiger partial charge in [0.1, 0.15) is 5.82 Å². The minimum Gasteiger partial charge on any atom is -0.310 e. The number of hydrogen-bond donors (Lipinski definition) is 2. The third-order valence-corrected chi connectivity index (χ3v) is 7.83. The van der Waals surface area contributed by atoms with E-state index in [1.807, 2.05) is 51.1 Å². The van der Waals surface area contributed by atoms with Crippen LogP contribution in [0.3, 0.4) is 0 Å². The van der Waals surface area contributed by atoms with Crippen molar-refractivity contribution in [2.75, 3.05) is 5.32 Å². The second kappa shape index (κ2) is 8.68. The number of benzene rings is 2. The maximum Gasteiger partial charge on any atom is 0.233 e. The number of aryl methyl sites for hydroxylation is 2. The Morgan fingerprint density at radius 3 is 2.79 bits per heavy atom. The molecule has 33 heavy (non-hydrogen) atoms. The average Bonchev–Trinajstić information content (AvgIpc) is 3.41. The van der Waals surface area contributed by atoms with Crippen molar-refractivity contribution < 1.29 is 13.8 Å². The summed E-state index contributed by atoms with van der Waals surface area (Å²) in [6.07, 6.45) is -0.370. The molecule has 2 aromatic carbocycles. The number of halogens is 1. The van der Waals surface area contributed by atoms with Crippen molar-refractivity contribution >= 4 is 34.1 Å². The first-order chi connectivity index (χ1) is 15.8. The molecule has 2 aliphatic rings. The highest BCUT2D eigenvalue weighted by atomic mass is 35.5. The van der Waals surface area contributed by atoms with Gasteiger partial charge in [-0.1, -0.05) is 47.5 Å². The minimum absolute atomic E-state index is 0.205. The lowest BCUT2D eigenvalue weighted by Crippen LogP contribution is -2.33. The number of carbonyl (C=O) groups is 1. The molecule has 0 radical (unpaired) electrons. The van der Waals surface area contributed by atoms with E-state index in [1.165, 1.54) is 0 Å². The summed E-state index contributed by atoms with van der Waals surface area (Å²) in [5.74, 6) is 0.616. The zero-order valence-corrected chi connectivity index (χ0v) is 20.2. The molecule has 9 heteroatoms. The van der Waals surface area contributed by atoms with E-state index in [9.17, 15) is 9.00 Å². The van der Waals surface area contributed by atoms with E-state index < -0.39 is 22.8 Å². The molecule has 1 aromatic heterocycles. The van der Waals surface area contributed by atoms with Gasteiger partial charge in [0.15, 0.2) is 0 Å². The topological polar surface area (TPSA) is 85.2 Å². The highest BCUT2D eigenvalue weighted by molar-refractivity contribution is 7.83. The summed E-state index contributed by atoms with van der Waals surface area (Å²) in [4.78, 5) is 19.3. The Morgan fingerprint density at radius 2 is 2.03 bits per heavy atom. The molecule has 4 atom stereocenters. The van der Waals surface area contributed by atoms with E-state index in [2.05, 4.69) is 16.9 Å². The second-order valence-electron chi connectivity index (χ2n) is 8.66. The number of nitrogens with one attached hydrogen (secondary N) is 2. The summed E-state index contributed by atoms with van der Waals surface area (Å²) in [6.45, 7) is 5.91. The molecule has 1 fully saturated rings. The monoisotopic (exact) mass is 484 g/mol. The van der Waals surface area contributed by atoms with Crippen molar-refractivity contribution in [3.63, 3.8) is 0 Å². The number of aromatic nitrogens is 2. The molecular weight excluding hydrogens is 460 g/mol. The van der Waals surface area contributed by atoms with Gasteiger partial charge in [0.25, 0.3) is 0 Å². The Morgan fingerprint density at radius 1 is 1.24 bits per heavy atom. The number of hydrogen-bond acceptors (Lipinski definition) is 5. The van der Waals surface area contributed by atoms with E-state index in [1.54, 1.807) is 10.7 Å². The van der Waals surface area contributed by atoms with E-state index in [-0.39, 0.29) is 12.0 Å². The highest BCUT2D eigenvalue weighted by Crippen LogP contribution is 2.38. The Hall–Kier alpha value is -2.52. The third kappa shape index (κ3) is 4.01. The van der Waals surface area contributed by atoms with Crippen LogP contribution < -0.4 is 10.8 Å². The lowest BCUT2D eigenvalue weighted by molar-refractivity contribution is -0.121. The number of fused-ring (bicyclic) bond motifs is 1. The molecule has 0 bridgehead atoms. The number of hydroxylamine groups is 1. The third-order valence-electron chi connectivity index (χ3n) is 6.28. The summed E-state index contributed by atoms with van der Waals surface area (Å²) < 4.78 is 14.0. The van der Waals surface area contributed by atoms with Crippen LogP contribution in [0.15, 0.2) is 42.5 Å². The molecule has 172 valence electrons. The summed E-state index contributed by atoms with van der Waals surface area (Å²) in [5, 5.41) is 8.41. The standard InChI is InChI=1S/C24H25ClN4O3S/c1-13-8-9-20(14(2)10-13)29-23(17-11-33(31)12-19(17)27-29)26-24(30)21-15(3)32-28-22(21)16-6-4-5-7-18(16)25/h4-10,15,21-22,28H,11-12H2,1-3H3,(H,26,30). The Labute approximate surface area is 199 Å². The number of rotatable bonds is 4. The van der Waals surface area contributed by atoms with Crippen LogP contribution in [0.5, 0.6) is 0 Å². The van der Waals surface area contributed by atoms with Crippen LogP contribution in [-0.4, -0.2) is 26.0 Å². The van der Waals surface area contributed by atoms with Crippen molar-refractivity contribution in [3.8, 4) is 5.69 Å². The van der Waals surface area contributed by atoms with E-state index >= 15 is 0 Å². The van der Waals surface area contributed by atoms with E-state index in [0.29, 0.717) is 22.3 Å². The SMILES string of the molecule is Cc1ccc(-n2nc3c(c2NC(=O)C2C(C)ONC2c2ccccc2Cl)CS(=O)C3)c(C)c1. The highest BCUT2D eigenvalue weighted by Gasteiger charge is 2.42. The van der Waals surface area contributed by atoms with Gasteiger partial charge in [-0.2, -0.15) is 10.6 Å². The molecule has 0 aliphatic carbocycles. The van der Waals surface area contributed by atoms with E-state index in [4.69, 9.17) is 21.5 Å². The van der Waals surface area contributed by atoms with Crippen molar-refractivity contribution in [2.24, 2.45) is 5.92 Å². The lowest BCUT2D eigenvalue weighted by Gasteiger charge is -2.21. The van der Waals surface area contributed by atoms with Crippen molar-refractivity contribution in [3.05, 3.63) is 75.4 Å². The van der Waals surface area contributed by atoms with Crippen LogP contribution in [0.4, 0.5) is 5.82 Å². The predicted molar refractivity (Wildman–Crippen MR) is 129 cm³/mol. The number of amides is 1. The van der Waals surface area contributed by atoms with Gasteiger partial charge in [-0.25, -0.2) is 4.68 Å². The van der Waals surface area contributed by atoms with Crippen LogP contribution in [-0.2, 0) is 31.9 Å². The molecule has 7 nitrogen and oxygen atoms in total. The molecular formula is C24H25ClN4O3S. The molecule has 0 spiro atoms. The maximum absolute atomic E-state index is 13.6. The van der Waals surface area contributed by atoms with Gasteiger partial charge in [-0.3, -0.25) is 13.8 Å². The van der Waals surface area contributed by atoms with Crippen LogP contribution in [0, 0.1) is 19.8 Å². The van der Waals surface area contributed by atoms with Crippen LogP contribution in [0.2, 0.25) is 5.02 Å². The first-order valence-corrected chi connectivity index (χ1v) is 12.7. The molecule has 1 saturated heterocycles. The lowest BCUT2D eigenvalue weighted by atomic mass is 9.90. The number of anilines is 1. The number of carbonyl (C=O) groups excluding carboxylic acids is 1. The van der Waals surface area contributed by atoms with Crippen molar-refractivity contribution in [1.29, 1.82) is 0 Å². The van der Waals surface area contributed by atoms with Gasteiger partial charge in [0.05, 0.1) is 41.0 Å². The summed E-state index contributed by atoms with van der Waals surface area (Å²) in [6, 6.07) is 13.1. The Kier molecular flexibility index (Phi) is 5.86. The van der Waals surface area contributed by atoms with Gasteiger partial charge in [0, 0.05) is 21.4 Å². The van der Waals surface area contributed by atoms with Gasteiger partial charge >= 0.3 is 0 Å². The molecule has 4 unspecified atom stereocenters. The maximum atomic E-state index is 13.6. The fraction of sp³-hybridized carbons (Fsp3) is 0.333. The molecule has 2 N–H and O–H groups in total. The Balaban J connectivity index is 1.53. The Bertz CT molecular complexity index is 1270. The molecule has 1 amide bonds. The fourth-order valence-corrected chi connectivity index (χ4v) is 6.14. The van der Waals surface area contributed by atoms with Gasteiger partial charge in [-0.05, 0) is 44.0 Å². The zero-order chi connectivity index (χ0) is 23.3. The summed E-state index contributed by atoms with van der Waals surface area (Å²) in [7, 11) is -1.02. The summed E-state index contributed by atoms with van der Waals surface area (Å²) in [5.41, 5.74) is 8.45. The van der Waals surface area contributed by atoms with Crippen LogP contribution >= 0.6 is 11.6 Å². The predicted octanol–water partition coefficient (Wildman–Crippen LogP) is 4.12. The minimum atomic E-state index is -1.02. The molecule has 0 saturated carbocycles. The van der Waals surface area contributed by atoms with Crippen molar-refractivity contribution in [1.82, 2.24) is 15.3 Å². The largest absolute Gasteiger partial charge is 0.310 e. The first kappa shape index (κ1) is 22.3. The molecule has 3 aromatic rings. The van der Waals surface area contributed by atoms with Gasteiger partial charge in [0.2, 0.25) is 5.91 Å². The van der Waals surface area contributed by atoms with Gasteiger partial charge in [-0.15, -0.1) is 0 Å². The molecule has 3 heterocycles. The number of nitrogens with zero attached hydrogens (tertiary/aromatic N) is 2. The van der Waals surface area contributed by atoms with Gasteiger partial charge < -0.3 is 5.32 Å². The summed E-state index contributed by atoms with van der Waals surface area (Å²) >= 11 is 6.42. The fourth-order valence-electron chi connectivity index (χ4n) is 4.62. The normalized spacial score (nSPS) is 24.1. The quantitative estimate of drug-likeness (QED) is 0.581. The van der Waals surface area contributed by atoms with Crippen LogP contribution in [0.1, 0.15) is 40.9 Å². The average molecular weight is 485 g/mol. The first-order valence-electron chi connectivity index (χ1n) is 10.8. The smallest absolute Gasteiger partial charge is 0.233 e. The van der Waals surface area contributed by atoms with Crippen molar-refractivity contribution in [2.45, 2.75) is 44.4 Å². The van der Waals surface area contributed by atoms with Crippen LogP contribution in [0.25, 0.3) is 5.69 Å². The second-order valence-corrected chi connectivity index (χ2v) is 10.5.